The predicted octanol–water partition coefficient (Wildman–Crippen LogP) is 3.15. The second kappa shape index (κ2) is 9.46. The van der Waals surface area contributed by atoms with E-state index >= 15 is 0 Å². The van der Waals surface area contributed by atoms with Crippen molar-refractivity contribution in [1.82, 2.24) is 5.32 Å². The number of amides is 1. The van der Waals surface area contributed by atoms with Crippen LogP contribution in [0.2, 0.25) is 0 Å². The third-order valence-corrected chi connectivity index (χ3v) is 3.49. The first-order valence-corrected chi connectivity index (χ1v) is 8.36. The van der Waals surface area contributed by atoms with Gasteiger partial charge in [-0.2, -0.15) is 0 Å². The highest BCUT2D eigenvalue weighted by Gasteiger charge is 2.18. The largest absolute Gasteiger partial charge is 0.487 e. The molecule has 26 heavy (non-hydrogen) atoms. The van der Waals surface area contributed by atoms with Crippen LogP contribution in [0, 0.1) is 0 Å². The molecule has 0 fully saturated rings. The quantitative estimate of drug-likeness (QED) is 0.583. The van der Waals surface area contributed by atoms with Crippen molar-refractivity contribution in [2.75, 3.05) is 14.2 Å². The SMILES string of the molecule is CNC(=O)/C(=N\OC)c1ccccc1COc1ccccc1OC(C)C. The van der Waals surface area contributed by atoms with Crippen LogP contribution in [-0.2, 0) is 16.2 Å². The lowest BCUT2D eigenvalue weighted by molar-refractivity contribution is -0.114. The maximum atomic E-state index is 12.1. The molecule has 0 unspecified atom stereocenters. The summed E-state index contributed by atoms with van der Waals surface area (Å²) in [6.45, 7) is 4.18. The van der Waals surface area contributed by atoms with Crippen LogP contribution in [0.4, 0.5) is 0 Å². The number of carbonyl (C=O) groups is 1. The molecule has 2 rings (SSSR count). The van der Waals surface area contributed by atoms with Gasteiger partial charge in [0.1, 0.15) is 13.7 Å². The molecule has 0 saturated heterocycles. The average Bonchev–Trinajstić information content (AvgIpc) is 2.65. The molecule has 0 aromatic heterocycles. The number of hydrogen-bond acceptors (Lipinski definition) is 5. The zero-order valence-corrected chi connectivity index (χ0v) is 15.5. The van der Waals surface area contributed by atoms with E-state index in [1.165, 1.54) is 7.11 Å². The van der Waals surface area contributed by atoms with Gasteiger partial charge in [-0.25, -0.2) is 0 Å². The summed E-state index contributed by atoms with van der Waals surface area (Å²) in [6, 6.07) is 14.9. The Labute approximate surface area is 153 Å². The van der Waals surface area contributed by atoms with Gasteiger partial charge in [0.05, 0.1) is 6.10 Å². The lowest BCUT2D eigenvalue weighted by atomic mass is 10.0. The lowest BCUT2D eigenvalue weighted by Gasteiger charge is -2.16. The van der Waals surface area contributed by atoms with Gasteiger partial charge in [0.25, 0.3) is 5.91 Å². The molecule has 1 N–H and O–H groups in total. The monoisotopic (exact) mass is 356 g/mol. The summed E-state index contributed by atoms with van der Waals surface area (Å²) in [5.74, 6) is 0.987. The fraction of sp³-hybridized carbons (Fsp3) is 0.300. The summed E-state index contributed by atoms with van der Waals surface area (Å²) in [6.07, 6.45) is 0.0423. The van der Waals surface area contributed by atoms with Crippen LogP contribution in [0.25, 0.3) is 0 Å². The molecule has 0 radical (unpaired) electrons. The molecule has 2 aromatic rings. The van der Waals surface area contributed by atoms with E-state index in [1.807, 2.05) is 62.4 Å². The minimum atomic E-state index is -0.331. The van der Waals surface area contributed by atoms with Gasteiger partial charge in [0.15, 0.2) is 17.2 Å². The molecule has 6 nitrogen and oxygen atoms in total. The first-order chi connectivity index (χ1) is 12.6. The number of nitrogens with one attached hydrogen (secondary N) is 1. The second-order valence-electron chi connectivity index (χ2n) is 5.76. The summed E-state index contributed by atoms with van der Waals surface area (Å²) in [5.41, 5.74) is 1.66. The Morgan fingerprint density at radius 3 is 2.38 bits per heavy atom. The smallest absolute Gasteiger partial charge is 0.273 e. The number of nitrogens with zero attached hydrogens (tertiary/aromatic N) is 1. The molecular weight excluding hydrogens is 332 g/mol. The topological polar surface area (TPSA) is 69.2 Å². The van der Waals surface area contributed by atoms with Crippen LogP contribution in [0.15, 0.2) is 53.7 Å². The van der Waals surface area contributed by atoms with Crippen molar-refractivity contribution in [2.45, 2.75) is 26.6 Å². The van der Waals surface area contributed by atoms with E-state index in [4.69, 9.17) is 14.3 Å². The Hall–Kier alpha value is -3.02. The van der Waals surface area contributed by atoms with Gasteiger partial charge in [0.2, 0.25) is 0 Å². The minimum absolute atomic E-state index is 0.0423. The van der Waals surface area contributed by atoms with Crippen molar-refractivity contribution in [3.63, 3.8) is 0 Å². The maximum absolute atomic E-state index is 12.1. The van der Waals surface area contributed by atoms with Crippen molar-refractivity contribution in [3.05, 3.63) is 59.7 Å². The molecule has 0 aliphatic carbocycles. The highest BCUT2D eigenvalue weighted by molar-refractivity contribution is 6.45. The predicted molar refractivity (Wildman–Crippen MR) is 101 cm³/mol. The number of ether oxygens (including phenoxy) is 2. The summed E-state index contributed by atoms with van der Waals surface area (Å²) >= 11 is 0. The highest BCUT2D eigenvalue weighted by Crippen LogP contribution is 2.28. The fourth-order valence-corrected chi connectivity index (χ4v) is 2.38. The van der Waals surface area contributed by atoms with Crippen LogP contribution in [-0.4, -0.2) is 31.9 Å². The summed E-state index contributed by atoms with van der Waals surface area (Å²) in [5, 5.41) is 6.43. The first kappa shape index (κ1) is 19.3. The molecule has 0 aliphatic heterocycles. The van der Waals surface area contributed by atoms with Crippen molar-refractivity contribution in [2.24, 2.45) is 5.16 Å². The highest BCUT2D eigenvalue weighted by atomic mass is 16.6. The number of carbonyl (C=O) groups excluding carboxylic acids is 1. The second-order valence-corrected chi connectivity index (χ2v) is 5.76. The summed E-state index contributed by atoms with van der Waals surface area (Å²) < 4.78 is 11.7. The normalized spacial score (nSPS) is 11.2. The molecule has 138 valence electrons. The number of rotatable bonds is 8. The Kier molecular flexibility index (Phi) is 7.02. The van der Waals surface area contributed by atoms with Gasteiger partial charge in [-0.05, 0) is 31.5 Å². The van der Waals surface area contributed by atoms with Crippen LogP contribution in [0.1, 0.15) is 25.0 Å². The van der Waals surface area contributed by atoms with Crippen LogP contribution in [0.3, 0.4) is 0 Å². The Balaban J connectivity index is 2.27. The van der Waals surface area contributed by atoms with Crippen LogP contribution < -0.4 is 14.8 Å². The zero-order chi connectivity index (χ0) is 18.9. The average molecular weight is 356 g/mol. The van der Waals surface area contributed by atoms with E-state index in [-0.39, 0.29) is 24.3 Å². The van der Waals surface area contributed by atoms with Crippen molar-refractivity contribution in [3.8, 4) is 11.5 Å². The van der Waals surface area contributed by atoms with E-state index in [9.17, 15) is 4.79 Å². The van der Waals surface area contributed by atoms with Gasteiger partial charge < -0.3 is 19.6 Å². The molecule has 0 aliphatic rings. The number of benzene rings is 2. The number of likely N-dealkylation sites (N-methyl/N-ethyl adjacent to an activating group) is 1. The van der Waals surface area contributed by atoms with Crippen molar-refractivity contribution >= 4 is 11.6 Å². The molecular formula is C20H24N2O4. The standard InChI is InChI=1S/C20H24N2O4/c1-14(2)26-18-12-8-7-11-17(18)25-13-15-9-5-6-10-16(15)19(22-24-4)20(23)21-3/h5-12,14H,13H2,1-4H3,(H,21,23)/b22-19-. The van der Waals surface area contributed by atoms with Crippen molar-refractivity contribution < 1.29 is 19.1 Å². The minimum Gasteiger partial charge on any atom is -0.487 e. The molecule has 0 atom stereocenters. The van der Waals surface area contributed by atoms with Crippen LogP contribution >= 0.6 is 0 Å². The van der Waals surface area contributed by atoms with E-state index < -0.39 is 0 Å². The third kappa shape index (κ3) is 4.99. The van der Waals surface area contributed by atoms with E-state index in [0.29, 0.717) is 17.1 Å². The maximum Gasteiger partial charge on any atom is 0.273 e. The number of para-hydroxylation sites is 2. The number of hydrogen-bond donors (Lipinski definition) is 1. The van der Waals surface area contributed by atoms with Gasteiger partial charge in [0, 0.05) is 12.6 Å². The van der Waals surface area contributed by atoms with Gasteiger partial charge >= 0.3 is 0 Å². The fourth-order valence-electron chi connectivity index (χ4n) is 2.38. The van der Waals surface area contributed by atoms with Gasteiger partial charge in [-0.3, -0.25) is 4.79 Å². The van der Waals surface area contributed by atoms with Gasteiger partial charge in [-0.15, -0.1) is 0 Å². The molecule has 2 aromatic carbocycles. The Bertz CT molecular complexity index is 772. The number of oxime groups is 1. The summed E-state index contributed by atoms with van der Waals surface area (Å²) in [4.78, 5) is 16.9. The van der Waals surface area contributed by atoms with E-state index in [1.54, 1.807) is 7.05 Å². The zero-order valence-electron chi connectivity index (χ0n) is 15.5. The molecule has 0 bridgehead atoms. The molecule has 1 amide bonds. The van der Waals surface area contributed by atoms with Crippen molar-refractivity contribution in [1.29, 1.82) is 0 Å². The molecule has 0 spiro atoms. The Morgan fingerprint density at radius 2 is 1.73 bits per heavy atom. The first-order valence-electron chi connectivity index (χ1n) is 8.36. The van der Waals surface area contributed by atoms with Gasteiger partial charge in [-0.1, -0.05) is 41.6 Å². The Morgan fingerprint density at radius 1 is 1.08 bits per heavy atom. The lowest BCUT2D eigenvalue weighted by Crippen LogP contribution is -2.29. The van der Waals surface area contributed by atoms with E-state index in [0.717, 1.165) is 5.56 Å². The third-order valence-electron chi connectivity index (χ3n) is 3.49. The molecule has 0 heterocycles. The van der Waals surface area contributed by atoms with E-state index in [2.05, 4.69) is 10.5 Å². The molecule has 6 heteroatoms. The molecule has 0 saturated carbocycles. The summed E-state index contributed by atoms with van der Waals surface area (Å²) in [7, 11) is 2.95. The van der Waals surface area contributed by atoms with Crippen LogP contribution in [0.5, 0.6) is 11.5 Å².